The summed E-state index contributed by atoms with van der Waals surface area (Å²) in [7, 11) is 1.67. The summed E-state index contributed by atoms with van der Waals surface area (Å²) in [6, 6.07) is 16.2. The molecular formula is C26H33N3O3. The van der Waals surface area contributed by atoms with E-state index < -0.39 is 0 Å². The van der Waals surface area contributed by atoms with Crippen LogP contribution in [0, 0.1) is 5.92 Å². The Morgan fingerprint density at radius 2 is 1.88 bits per heavy atom. The molecule has 4 rings (SSSR count). The topological polar surface area (TPSA) is 70.7 Å². The van der Waals surface area contributed by atoms with Gasteiger partial charge in [0.05, 0.1) is 13.2 Å². The van der Waals surface area contributed by atoms with Crippen molar-refractivity contribution in [2.24, 2.45) is 5.92 Å². The number of nitrogens with zero attached hydrogens (tertiary/aromatic N) is 1. The second-order valence-corrected chi connectivity index (χ2v) is 8.78. The van der Waals surface area contributed by atoms with E-state index in [4.69, 9.17) is 4.74 Å². The van der Waals surface area contributed by atoms with Gasteiger partial charge >= 0.3 is 0 Å². The highest BCUT2D eigenvalue weighted by Crippen LogP contribution is 2.28. The van der Waals surface area contributed by atoms with Gasteiger partial charge in [-0.05, 0) is 68.1 Å². The molecule has 2 atom stereocenters. The van der Waals surface area contributed by atoms with Crippen LogP contribution in [0.1, 0.15) is 49.3 Å². The lowest BCUT2D eigenvalue weighted by Crippen LogP contribution is -2.40. The first-order valence-electron chi connectivity index (χ1n) is 11.7. The molecule has 0 bridgehead atoms. The summed E-state index contributed by atoms with van der Waals surface area (Å²) in [6.45, 7) is 2.67. The highest BCUT2D eigenvalue weighted by atomic mass is 16.5. The minimum atomic E-state index is -0.157. The number of benzene rings is 2. The van der Waals surface area contributed by atoms with Crippen LogP contribution in [0.4, 0.5) is 5.69 Å². The first kappa shape index (κ1) is 22.3. The van der Waals surface area contributed by atoms with Gasteiger partial charge in [0.25, 0.3) is 0 Å². The van der Waals surface area contributed by atoms with Crippen LogP contribution in [0.25, 0.3) is 0 Å². The average molecular weight is 436 g/mol. The maximum Gasteiger partial charge on any atom is 0.227 e. The molecule has 2 N–H and O–H groups in total. The number of likely N-dealkylation sites (tertiary alicyclic amines) is 1. The number of rotatable bonds is 8. The minimum absolute atomic E-state index is 0.00665. The van der Waals surface area contributed by atoms with E-state index in [1.165, 1.54) is 24.8 Å². The van der Waals surface area contributed by atoms with Crippen molar-refractivity contribution in [2.45, 2.75) is 44.6 Å². The number of fused-ring (bicyclic) bond motifs is 1. The van der Waals surface area contributed by atoms with Crippen molar-refractivity contribution in [3.63, 3.8) is 0 Å². The molecule has 2 aliphatic rings. The summed E-state index contributed by atoms with van der Waals surface area (Å²) in [4.78, 5) is 27.6. The van der Waals surface area contributed by atoms with Crippen LogP contribution < -0.4 is 15.4 Å². The van der Waals surface area contributed by atoms with Crippen molar-refractivity contribution in [3.8, 4) is 5.75 Å². The summed E-state index contributed by atoms with van der Waals surface area (Å²) in [5.41, 5.74) is 3.22. The van der Waals surface area contributed by atoms with Crippen LogP contribution >= 0.6 is 0 Å². The Kier molecular flexibility index (Phi) is 7.43. The summed E-state index contributed by atoms with van der Waals surface area (Å²) in [5, 5.41) is 6.11. The SMILES string of the molecule is COc1ccc(C(CNC(=O)CCC2Cc3ccccc3NC2=O)N2CCCCC2)cc1. The number of carbonyl (C=O) groups excluding carboxylic acids is 2. The van der Waals surface area contributed by atoms with Crippen molar-refractivity contribution >= 4 is 17.5 Å². The molecule has 0 aromatic heterocycles. The Morgan fingerprint density at radius 1 is 1.12 bits per heavy atom. The van der Waals surface area contributed by atoms with Gasteiger partial charge in [-0.3, -0.25) is 14.5 Å². The summed E-state index contributed by atoms with van der Waals surface area (Å²) in [6.07, 6.45) is 5.26. The molecule has 170 valence electrons. The molecule has 0 saturated carbocycles. The number of anilines is 1. The van der Waals surface area contributed by atoms with E-state index in [-0.39, 0.29) is 23.8 Å². The third-order valence-electron chi connectivity index (χ3n) is 6.66. The Hall–Kier alpha value is -2.86. The van der Waals surface area contributed by atoms with Crippen LogP contribution in [0.15, 0.2) is 48.5 Å². The number of methoxy groups -OCH3 is 1. The van der Waals surface area contributed by atoms with Gasteiger partial charge < -0.3 is 15.4 Å². The van der Waals surface area contributed by atoms with Gasteiger partial charge in [0.15, 0.2) is 0 Å². The number of hydrogen-bond donors (Lipinski definition) is 2. The Labute approximate surface area is 190 Å². The molecule has 6 heteroatoms. The maximum atomic E-state index is 12.7. The molecule has 2 aliphatic heterocycles. The van der Waals surface area contributed by atoms with Crippen molar-refractivity contribution in [2.75, 3.05) is 32.1 Å². The molecule has 0 aliphatic carbocycles. The molecule has 2 unspecified atom stereocenters. The second-order valence-electron chi connectivity index (χ2n) is 8.78. The predicted molar refractivity (Wildman–Crippen MR) is 126 cm³/mol. The quantitative estimate of drug-likeness (QED) is 0.659. The Bertz CT molecular complexity index is 922. The van der Waals surface area contributed by atoms with E-state index in [1.807, 2.05) is 36.4 Å². The van der Waals surface area contributed by atoms with E-state index in [1.54, 1.807) is 7.11 Å². The van der Waals surface area contributed by atoms with Gasteiger partial charge in [-0.15, -0.1) is 0 Å². The molecule has 2 aromatic rings. The standard InChI is InChI=1S/C26H33N3O3/c1-32-22-12-9-19(10-13-22)24(29-15-5-2-6-16-29)18-27-25(30)14-11-21-17-20-7-3-4-8-23(20)28-26(21)31/h3-4,7-10,12-13,21,24H,2,5-6,11,14-18H2,1H3,(H,27,30)(H,28,31). The lowest BCUT2D eigenvalue weighted by atomic mass is 9.89. The zero-order valence-electron chi connectivity index (χ0n) is 18.8. The zero-order chi connectivity index (χ0) is 22.3. The predicted octanol–water partition coefficient (Wildman–Crippen LogP) is 3.93. The first-order chi connectivity index (χ1) is 15.6. The number of amides is 2. The minimum Gasteiger partial charge on any atom is -0.497 e. The van der Waals surface area contributed by atoms with Crippen molar-refractivity contribution < 1.29 is 14.3 Å². The molecule has 2 heterocycles. The van der Waals surface area contributed by atoms with Crippen molar-refractivity contribution in [1.29, 1.82) is 0 Å². The van der Waals surface area contributed by atoms with Gasteiger partial charge in [-0.25, -0.2) is 0 Å². The highest BCUT2D eigenvalue weighted by Gasteiger charge is 2.27. The third-order valence-corrected chi connectivity index (χ3v) is 6.66. The molecule has 1 fully saturated rings. The van der Waals surface area contributed by atoms with E-state index in [0.29, 0.717) is 25.8 Å². The van der Waals surface area contributed by atoms with E-state index >= 15 is 0 Å². The number of piperidine rings is 1. The monoisotopic (exact) mass is 435 g/mol. The van der Waals surface area contributed by atoms with Crippen LogP contribution in [0.2, 0.25) is 0 Å². The molecule has 2 amide bonds. The van der Waals surface area contributed by atoms with Crippen LogP contribution in [0.3, 0.4) is 0 Å². The van der Waals surface area contributed by atoms with Gasteiger partial charge in [0, 0.05) is 24.6 Å². The molecule has 6 nitrogen and oxygen atoms in total. The normalized spacial score (nSPS) is 19.5. The maximum absolute atomic E-state index is 12.7. The lowest BCUT2D eigenvalue weighted by Gasteiger charge is -2.35. The van der Waals surface area contributed by atoms with Gasteiger partial charge in [0.2, 0.25) is 11.8 Å². The fourth-order valence-corrected chi connectivity index (χ4v) is 4.76. The van der Waals surface area contributed by atoms with E-state index in [9.17, 15) is 9.59 Å². The Morgan fingerprint density at radius 3 is 2.62 bits per heavy atom. The van der Waals surface area contributed by atoms with Gasteiger partial charge in [0.1, 0.15) is 5.75 Å². The van der Waals surface area contributed by atoms with E-state index in [0.717, 1.165) is 30.1 Å². The largest absolute Gasteiger partial charge is 0.497 e. The average Bonchev–Trinajstić information content (AvgIpc) is 2.84. The summed E-state index contributed by atoms with van der Waals surface area (Å²) >= 11 is 0. The third kappa shape index (κ3) is 5.49. The van der Waals surface area contributed by atoms with Gasteiger partial charge in [-0.2, -0.15) is 0 Å². The second kappa shape index (κ2) is 10.6. The van der Waals surface area contributed by atoms with E-state index in [2.05, 4.69) is 27.7 Å². The number of ether oxygens (including phenoxy) is 1. The molecule has 2 aromatic carbocycles. The molecule has 0 radical (unpaired) electrons. The van der Waals surface area contributed by atoms with Crippen LogP contribution in [-0.2, 0) is 16.0 Å². The van der Waals surface area contributed by atoms with Crippen LogP contribution in [0.5, 0.6) is 5.75 Å². The Balaban J connectivity index is 1.33. The summed E-state index contributed by atoms with van der Waals surface area (Å²) < 4.78 is 5.30. The molecule has 32 heavy (non-hydrogen) atoms. The smallest absolute Gasteiger partial charge is 0.227 e. The molecule has 1 saturated heterocycles. The molecule has 0 spiro atoms. The summed E-state index contributed by atoms with van der Waals surface area (Å²) in [5.74, 6) is 0.700. The number of carbonyl (C=O) groups is 2. The fourth-order valence-electron chi connectivity index (χ4n) is 4.76. The first-order valence-corrected chi connectivity index (χ1v) is 11.7. The van der Waals surface area contributed by atoms with Crippen LogP contribution in [-0.4, -0.2) is 43.5 Å². The molecular weight excluding hydrogens is 402 g/mol. The van der Waals surface area contributed by atoms with Crippen molar-refractivity contribution in [3.05, 3.63) is 59.7 Å². The van der Waals surface area contributed by atoms with Gasteiger partial charge in [-0.1, -0.05) is 36.8 Å². The lowest BCUT2D eigenvalue weighted by molar-refractivity contribution is -0.123. The zero-order valence-corrected chi connectivity index (χ0v) is 18.8. The number of nitrogens with one attached hydrogen (secondary N) is 2. The highest BCUT2D eigenvalue weighted by molar-refractivity contribution is 5.96. The fraction of sp³-hybridized carbons (Fsp3) is 0.462. The van der Waals surface area contributed by atoms with Crippen molar-refractivity contribution in [1.82, 2.24) is 10.2 Å². The number of hydrogen-bond acceptors (Lipinski definition) is 4. The number of para-hydroxylation sites is 1.